The molecular formula is C23H26ClF3N2O6. The third-order valence-corrected chi connectivity index (χ3v) is 7.58. The van der Waals surface area contributed by atoms with Gasteiger partial charge in [-0.15, -0.1) is 13.2 Å². The van der Waals surface area contributed by atoms with E-state index in [2.05, 4.69) is 15.4 Å². The van der Waals surface area contributed by atoms with E-state index in [1.165, 1.54) is 0 Å². The number of halogens is 4. The van der Waals surface area contributed by atoms with E-state index in [1.807, 2.05) is 0 Å². The van der Waals surface area contributed by atoms with Crippen molar-refractivity contribution in [3.05, 3.63) is 28.8 Å². The highest BCUT2D eigenvalue weighted by Crippen LogP contribution is 2.52. The van der Waals surface area contributed by atoms with Gasteiger partial charge in [-0.25, -0.2) is 0 Å². The van der Waals surface area contributed by atoms with Crippen molar-refractivity contribution in [1.29, 1.82) is 0 Å². The maximum Gasteiger partial charge on any atom is 0.522 e. The minimum absolute atomic E-state index is 0.101. The zero-order valence-electron chi connectivity index (χ0n) is 18.6. The highest BCUT2D eigenvalue weighted by molar-refractivity contribution is 6.30. The third-order valence-electron chi connectivity index (χ3n) is 7.35. The Morgan fingerprint density at radius 2 is 1.91 bits per heavy atom. The maximum atomic E-state index is 12.8. The Balaban J connectivity index is 1.05. The largest absolute Gasteiger partial charge is 0.522 e. The summed E-state index contributed by atoms with van der Waals surface area (Å²) >= 11 is 5.97. The van der Waals surface area contributed by atoms with Crippen LogP contribution in [0.15, 0.2) is 18.2 Å². The standard InChI is InChI=1S/C23H26ClF3N2O6/c24-12-1-2-18-15(3-12)17(30)6-19(34-18)21(32)28-16-9-22(7-11(16)8-22)29-20(31)10-33-13-4-14(5-13)35-23(25,26)27/h1-3,11,13-14,16-17,19,30H,4-10H2,(H,28,32)(H,29,31)/t11?,13?,14?,16?,17-,19+,22?/m0/s1. The molecule has 6 rings (SSSR count). The van der Waals surface area contributed by atoms with Crippen LogP contribution in [0.2, 0.25) is 5.02 Å². The minimum Gasteiger partial charge on any atom is -0.480 e. The molecule has 2 amide bonds. The van der Waals surface area contributed by atoms with Crippen LogP contribution in [0.25, 0.3) is 0 Å². The van der Waals surface area contributed by atoms with Crippen LogP contribution < -0.4 is 15.4 Å². The molecule has 0 aromatic heterocycles. The lowest BCUT2D eigenvalue weighted by Gasteiger charge is -2.39. The van der Waals surface area contributed by atoms with Gasteiger partial charge in [0.25, 0.3) is 5.91 Å². The number of fused-ring (bicyclic) bond motifs is 2. The molecule has 0 spiro atoms. The number of ether oxygens (including phenoxy) is 3. The zero-order valence-corrected chi connectivity index (χ0v) is 19.4. The number of aliphatic hydroxyl groups excluding tert-OH is 1. The van der Waals surface area contributed by atoms with Crippen LogP contribution in [0.3, 0.4) is 0 Å². The van der Waals surface area contributed by atoms with E-state index >= 15 is 0 Å². The van der Waals surface area contributed by atoms with Crippen LogP contribution in [0.5, 0.6) is 5.75 Å². The molecule has 35 heavy (non-hydrogen) atoms. The highest BCUT2D eigenvalue weighted by Gasteiger charge is 2.57. The number of carbonyl (C=O) groups is 2. The Morgan fingerprint density at radius 1 is 1.17 bits per heavy atom. The van der Waals surface area contributed by atoms with E-state index in [0.29, 0.717) is 22.8 Å². The van der Waals surface area contributed by atoms with Crippen LogP contribution in [0, 0.1) is 5.92 Å². The summed E-state index contributed by atoms with van der Waals surface area (Å²) < 4.78 is 51.6. The van der Waals surface area contributed by atoms with Gasteiger partial charge in [0, 0.05) is 41.4 Å². The number of alkyl halides is 3. The summed E-state index contributed by atoms with van der Waals surface area (Å²) in [5.41, 5.74) is 0.139. The molecule has 4 fully saturated rings. The van der Waals surface area contributed by atoms with E-state index in [4.69, 9.17) is 21.1 Å². The second kappa shape index (κ2) is 9.10. The molecular weight excluding hydrogens is 493 g/mol. The van der Waals surface area contributed by atoms with Crippen molar-refractivity contribution < 1.29 is 42.1 Å². The maximum absolute atomic E-state index is 12.8. The van der Waals surface area contributed by atoms with Crippen LogP contribution in [0.4, 0.5) is 13.2 Å². The molecule has 2 bridgehead atoms. The number of amides is 2. The van der Waals surface area contributed by atoms with Crippen molar-refractivity contribution in [3.8, 4) is 5.75 Å². The number of rotatable bonds is 7. The van der Waals surface area contributed by atoms with Gasteiger partial charge in [-0.1, -0.05) is 11.6 Å². The van der Waals surface area contributed by atoms with Gasteiger partial charge in [-0.3, -0.25) is 14.3 Å². The molecule has 1 aromatic carbocycles. The number of benzene rings is 1. The number of nitrogens with one attached hydrogen (secondary N) is 2. The molecule has 3 atom stereocenters. The van der Waals surface area contributed by atoms with Gasteiger partial charge >= 0.3 is 6.36 Å². The summed E-state index contributed by atoms with van der Waals surface area (Å²) in [7, 11) is 0. The second-order valence-corrected chi connectivity index (χ2v) is 10.4. The molecule has 4 aliphatic carbocycles. The van der Waals surface area contributed by atoms with Crippen molar-refractivity contribution in [2.24, 2.45) is 5.92 Å². The second-order valence-electron chi connectivity index (χ2n) is 9.95. The highest BCUT2D eigenvalue weighted by atomic mass is 35.5. The fourth-order valence-electron chi connectivity index (χ4n) is 5.62. The number of hydrogen-bond acceptors (Lipinski definition) is 6. The molecule has 3 N–H and O–H groups in total. The third kappa shape index (κ3) is 5.37. The van der Waals surface area contributed by atoms with E-state index in [9.17, 15) is 27.9 Å². The summed E-state index contributed by atoms with van der Waals surface area (Å²) in [6.45, 7) is -0.232. The lowest BCUT2D eigenvalue weighted by atomic mass is 9.76. The van der Waals surface area contributed by atoms with Crippen molar-refractivity contribution in [2.75, 3.05) is 6.61 Å². The lowest BCUT2D eigenvalue weighted by molar-refractivity contribution is -0.357. The van der Waals surface area contributed by atoms with E-state index in [1.54, 1.807) is 18.2 Å². The molecule has 4 saturated carbocycles. The molecule has 1 heterocycles. The van der Waals surface area contributed by atoms with Crippen LogP contribution in [-0.2, 0) is 19.1 Å². The van der Waals surface area contributed by atoms with Crippen LogP contribution in [0.1, 0.15) is 50.2 Å². The molecule has 8 nitrogen and oxygen atoms in total. The van der Waals surface area contributed by atoms with Gasteiger partial charge in [-0.2, -0.15) is 0 Å². The van der Waals surface area contributed by atoms with Gasteiger partial charge in [-0.05, 0) is 43.4 Å². The Kier molecular flexibility index (Phi) is 6.40. The van der Waals surface area contributed by atoms with Crippen molar-refractivity contribution in [1.82, 2.24) is 10.6 Å². The molecule has 1 unspecified atom stereocenters. The van der Waals surface area contributed by atoms with E-state index in [0.717, 1.165) is 12.8 Å². The summed E-state index contributed by atoms with van der Waals surface area (Å²) in [6, 6.07) is 4.77. The van der Waals surface area contributed by atoms with Crippen LogP contribution in [-0.4, -0.2) is 59.8 Å². The first-order chi connectivity index (χ1) is 16.5. The van der Waals surface area contributed by atoms with Crippen molar-refractivity contribution in [2.45, 2.75) is 80.9 Å². The molecule has 1 aromatic rings. The van der Waals surface area contributed by atoms with Crippen molar-refractivity contribution >= 4 is 23.4 Å². The smallest absolute Gasteiger partial charge is 0.480 e. The SMILES string of the molecule is O=C(COC1CC(OC(F)(F)F)C1)NC12CC(C1)C(NC(=O)[C@H]1C[C@H](O)c3cc(Cl)ccc3O1)C2. The van der Waals surface area contributed by atoms with Gasteiger partial charge < -0.3 is 25.2 Å². The lowest BCUT2D eigenvalue weighted by Crippen LogP contribution is -2.53. The quantitative estimate of drug-likeness (QED) is 0.512. The summed E-state index contributed by atoms with van der Waals surface area (Å²) in [6.07, 6.45) is -5.36. The molecule has 1 aliphatic heterocycles. The number of aliphatic hydroxyl groups is 1. The zero-order chi connectivity index (χ0) is 25.0. The molecule has 192 valence electrons. The average Bonchev–Trinajstić information content (AvgIpc) is 3.22. The predicted molar refractivity (Wildman–Crippen MR) is 115 cm³/mol. The molecule has 5 aliphatic rings. The first-order valence-corrected chi connectivity index (χ1v) is 12.0. The average molecular weight is 519 g/mol. The number of carbonyl (C=O) groups excluding carboxylic acids is 2. The van der Waals surface area contributed by atoms with Gasteiger partial charge in [0.05, 0.1) is 18.3 Å². The molecule has 12 heteroatoms. The van der Waals surface area contributed by atoms with Crippen molar-refractivity contribution in [3.63, 3.8) is 0 Å². The summed E-state index contributed by atoms with van der Waals surface area (Å²) in [4.78, 5) is 25.2. The summed E-state index contributed by atoms with van der Waals surface area (Å²) in [5.74, 6) is 0.0134. The Morgan fingerprint density at radius 3 is 2.63 bits per heavy atom. The predicted octanol–water partition coefficient (Wildman–Crippen LogP) is 2.76. The Labute approximate surface area is 204 Å². The van der Waals surface area contributed by atoms with Gasteiger partial charge in [0.2, 0.25) is 5.91 Å². The topological polar surface area (TPSA) is 106 Å². The molecule has 0 saturated heterocycles. The van der Waals surface area contributed by atoms with Crippen LogP contribution >= 0.6 is 11.6 Å². The Hall–Kier alpha value is -2.08. The summed E-state index contributed by atoms with van der Waals surface area (Å²) in [5, 5.41) is 16.9. The van der Waals surface area contributed by atoms with E-state index in [-0.39, 0.29) is 49.6 Å². The normalized spacial score (nSPS) is 35.2. The van der Waals surface area contributed by atoms with Gasteiger partial charge in [0.15, 0.2) is 6.10 Å². The number of hydrogen-bond donors (Lipinski definition) is 3. The fourth-order valence-corrected chi connectivity index (χ4v) is 5.80. The van der Waals surface area contributed by atoms with Gasteiger partial charge in [0.1, 0.15) is 12.4 Å². The first-order valence-electron chi connectivity index (χ1n) is 11.6. The fraction of sp³-hybridized carbons (Fsp3) is 0.652. The minimum atomic E-state index is -4.66. The van der Waals surface area contributed by atoms with E-state index < -0.39 is 36.3 Å². The molecule has 0 radical (unpaired) electrons. The monoisotopic (exact) mass is 518 g/mol. The first kappa shape index (κ1) is 24.6. The Bertz CT molecular complexity index is 996.